The first-order valence-electron chi connectivity index (χ1n) is 8.33. The van der Waals surface area contributed by atoms with Crippen LogP contribution in [0.3, 0.4) is 0 Å². The maximum Gasteiger partial charge on any atom is 0.413 e. The summed E-state index contributed by atoms with van der Waals surface area (Å²) in [6.07, 6.45) is 0.791. The van der Waals surface area contributed by atoms with Gasteiger partial charge in [0.1, 0.15) is 0 Å². The monoisotopic (exact) mass is 381 g/mol. The molecule has 9 heteroatoms. The van der Waals surface area contributed by atoms with Gasteiger partial charge in [-0.15, -0.1) is 0 Å². The van der Waals surface area contributed by atoms with Crippen LogP contribution in [0.4, 0.5) is 4.79 Å². The molecule has 1 heterocycles. The molecule has 0 aromatic heterocycles. The van der Waals surface area contributed by atoms with Crippen molar-refractivity contribution in [3.8, 4) is 0 Å². The standard InChI is InChI=1S/C17H23N3O5S/c1-2-25-17(22)18-16(21)14-19-9-11-20(12-10-19)26(23,24)13-8-15-6-4-3-5-7-15/h3-8,13H,2,9-12,14H2,1H3,(H,18,21,22)/b13-8+. The normalized spacial score (nSPS) is 16.5. The predicted octanol–water partition coefficient (Wildman–Crippen LogP) is 0.877. The Morgan fingerprint density at radius 3 is 2.42 bits per heavy atom. The molecule has 0 unspecified atom stereocenters. The van der Waals surface area contributed by atoms with Gasteiger partial charge in [0.15, 0.2) is 0 Å². The minimum absolute atomic E-state index is 0.0204. The lowest BCUT2D eigenvalue weighted by Gasteiger charge is -2.32. The summed E-state index contributed by atoms with van der Waals surface area (Å²) in [5.74, 6) is -0.469. The van der Waals surface area contributed by atoms with Crippen molar-refractivity contribution in [3.63, 3.8) is 0 Å². The Morgan fingerprint density at radius 1 is 1.15 bits per heavy atom. The first kappa shape index (κ1) is 20.1. The van der Waals surface area contributed by atoms with Crippen molar-refractivity contribution in [1.82, 2.24) is 14.5 Å². The second kappa shape index (κ2) is 9.46. The lowest BCUT2D eigenvalue weighted by Crippen LogP contribution is -2.51. The molecule has 0 radical (unpaired) electrons. The minimum atomic E-state index is -3.51. The van der Waals surface area contributed by atoms with Crippen LogP contribution in [0.1, 0.15) is 12.5 Å². The number of benzene rings is 1. The molecule has 1 fully saturated rings. The molecule has 1 aliphatic rings. The molecule has 2 rings (SSSR count). The van der Waals surface area contributed by atoms with E-state index in [0.29, 0.717) is 13.1 Å². The SMILES string of the molecule is CCOC(=O)NC(=O)CN1CCN(S(=O)(=O)/C=C/c2ccccc2)CC1. The number of hydrogen-bond donors (Lipinski definition) is 1. The van der Waals surface area contributed by atoms with Crippen LogP contribution in [0.5, 0.6) is 0 Å². The summed E-state index contributed by atoms with van der Waals surface area (Å²) in [7, 11) is -3.51. The van der Waals surface area contributed by atoms with Gasteiger partial charge in [-0.25, -0.2) is 13.2 Å². The summed E-state index contributed by atoms with van der Waals surface area (Å²) in [5.41, 5.74) is 0.811. The molecule has 8 nitrogen and oxygen atoms in total. The van der Waals surface area contributed by atoms with Crippen molar-refractivity contribution in [3.05, 3.63) is 41.3 Å². The van der Waals surface area contributed by atoms with Crippen LogP contribution in [-0.4, -0.2) is 69.0 Å². The Morgan fingerprint density at radius 2 is 1.81 bits per heavy atom. The van der Waals surface area contributed by atoms with E-state index in [4.69, 9.17) is 0 Å². The molecule has 26 heavy (non-hydrogen) atoms. The number of nitrogens with zero attached hydrogens (tertiary/aromatic N) is 2. The zero-order valence-electron chi connectivity index (χ0n) is 14.6. The highest BCUT2D eigenvalue weighted by molar-refractivity contribution is 7.92. The molecule has 1 N–H and O–H groups in total. The average Bonchev–Trinajstić information content (AvgIpc) is 2.61. The Bertz CT molecular complexity index is 741. The third-order valence-electron chi connectivity index (χ3n) is 3.81. The van der Waals surface area contributed by atoms with Crippen molar-refractivity contribution >= 4 is 28.1 Å². The number of hydrogen-bond acceptors (Lipinski definition) is 6. The van der Waals surface area contributed by atoms with Crippen LogP contribution in [0, 0.1) is 0 Å². The van der Waals surface area contributed by atoms with Crippen molar-refractivity contribution in [2.45, 2.75) is 6.92 Å². The summed E-state index contributed by atoms with van der Waals surface area (Å²) < 4.78 is 30.8. The highest BCUT2D eigenvalue weighted by atomic mass is 32.2. The molecule has 2 amide bonds. The van der Waals surface area contributed by atoms with E-state index >= 15 is 0 Å². The average molecular weight is 381 g/mol. The van der Waals surface area contributed by atoms with E-state index in [2.05, 4.69) is 10.1 Å². The van der Waals surface area contributed by atoms with Gasteiger partial charge in [-0.2, -0.15) is 4.31 Å². The fraction of sp³-hybridized carbons (Fsp3) is 0.412. The van der Waals surface area contributed by atoms with Crippen molar-refractivity contribution in [2.75, 3.05) is 39.3 Å². The van der Waals surface area contributed by atoms with Crippen molar-refractivity contribution in [2.24, 2.45) is 0 Å². The van der Waals surface area contributed by atoms with E-state index in [9.17, 15) is 18.0 Å². The maximum atomic E-state index is 12.4. The fourth-order valence-electron chi connectivity index (χ4n) is 2.48. The first-order valence-corrected chi connectivity index (χ1v) is 9.83. The molecule has 1 aromatic carbocycles. The minimum Gasteiger partial charge on any atom is -0.450 e. The molecule has 1 aromatic rings. The zero-order chi connectivity index (χ0) is 19.0. The third kappa shape index (κ3) is 6.25. The molecule has 0 atom stereocenters. The molecule has 1 saturated heterocycles. The van der Waals surface area contributed by atoms with Crippen LogP contribution in [0.25, 0.3) is 6.08 Å². The highest BCUT2D eigenvalue weighted by Gasteiger charge is 2.26. The second-order valence-corrected chi connectivity index (χ2v) is 7.52. The van der Waals surface area contributed by atoms with Crippen LogP contribution < -0.4 is 5.32 Å². The number of ether oxygens (including phenoxy) is 1. The lowest BCUT2D eigenvalue weighted by atomic mass is 10.2. The predicted molar refractivity (Wildman–Crippen MR) is 97.6 cm³/mol. The quantitative estimate of drug-likeness (QED) is 0.786. The van der Waals surface area contributed by atoms with Crippen molar-refractivity contribution < 1.29 is 22.7 Å². The Labute approximate surface area is 153 Å². The van der Waals surface area contributed by atoms with Crippen LogP contribution in [0.2, 0.25) is 0 Å². The van der Waals surface area contributed by atoms with Gasteiger partial charge in [0.25, 0.3) is 0 Å². The highest BCUT2D eigenvalue weighted by Crippen LogP contribution is 2.11. The summed E-state index contributed by atoms with van der Waals surface area (Å²) in [4.78, 5) is 24.7. The molecule has 0 aliphatic carbocycles. The number of carbonyl (C=O) groups is 2. The van der Waals surface area contributed by atoms with Gasteiger partial charge >= 0.3 is 6.09 Å². The Kier molecular flexibility index (Phi) is 7.31. The summed E-state index contributed by atoms with van der Waals surface area (Å²) in [6, 6.07) is 9.19. The maximum absolute atomic E-state index is 12.4. The molecular weight excluding hydrogens is 358 g/mol. The molecule has 1 aliphatic heterocycles. The topological polar surface area (TPSA) is 96.0 Å². The van der Waals surface area contributed by atoms with E-state index in [1.54, 1.807) is 17.9 Å². The zero-order valence-corrected chi connectivity index (χ0v) is 15.4. The van der Waals surface area contributed by atoms with Gasteiger partial charge in [0, 0.05) is 31.6 Å². The molecule has 0 saturated carbocycles. The van der Waals surface area contributed by atoms with E-state index in [1.807, 2.05) is 30.3 Å². The van der Waals surface area contributed by atoms with Crippen LogP contribution >= 0.6 is 0 Å². The van der Waals surface area contributed by atoms with Gasteiger partial charge < -0.3 is 4.74 Å². The number of amides is 2. The smallest absolute Gasteiger partial charge is 0.413 e. The van der Waals surface area contributed by atoms with Gasteiger partial charge in [-0.05, 0) is 18.6 Å². The number of alkyl carbamates (subject to hydrolysis) is 1. The van der Waals surface area contributed by atoms with E-state index < -0.39 is 22.0 Å². The number of sulfonamides is 1. The van der Waals surface area contributed by atoms with E-state index in [-0.39, 0.29) is 26.2 Å². The van der Waals surface area contributed by atoms with Gasteiger partial charge in [0.2, 0.25) is 15.9 Å². The molecule has 0 spiro atoms. The van der Waals surface area contributed by atoms with Crippen molar-refractivity contribution in [1.29, 1.82) is 0 Å². The number of rotatable bonds is 6. The molecule has 0 bridgehead atoms. The Hall–Kier alpha value is -2.23. The largest absolute Gasteiger partial charge is 0.450 e. The third-order valence-corrected chi connectivity index (χ3v) is 5.37. The van der Waals surface area contributed by atoms with Gasteiger partial charge in [-0.1, -0.05) is 30.3 Å². The molecule has 142 valence electrons. The lowest BCUT2D eigenvalue weighted by molar-refractivity contribution is -0.121. The number of carbonyl (C=O) groups excluding carboxylic acids is 2. The number of piperazine rings is 1. The van der Waals surface area contributed by atoms with Gasteiger partial charge in [-0.3, -0.25) is 15.0 Å². The molecular formula is C17H23N3O5S. The number of nitrogens with one attached hydrogen (secondary N) is 1. The summed E-state index contributed by atoms with van der Waals surface area (Å²) >= 11 is 0. The van der Waals surface area contributed by atoms with E-state index in [0.717, 1.165) is 5.56 Å². The first-order chi connectivity index (χ1) is 12.4. The Balaban J connectivity index is 1.82. The second-order valence-electron chi connectivity index (χ2n) is 5.70. The van der Waals surface area contributed by atoms with Gasteiger partial charge in [0.05, 0.1) is 13.2 Å². The summed E-state index contributed by atoms with van der Waals surface area (Å²) in [5, 5.41) is 3.32. The summed E-state index contributed by atoms with van der Waals surface area (Å²) in [6.45, 7) is 3.25. The van der Waals surface area contributed by atoms with Crippen LogP contribution in [-0.2, 0) is 19.6 Å². The van der Waals surface area contributed by atoms with Crippen LogP contribution in [0.15, 0.2) is 35.7 Å². The number of imide groups is 1. The van der Waals surface area contributed by atoms with E-state index in [1.165, 1.54) is 9.71 Å². The fourth-order valence-corrected chi connectivity index (χ4v) is 3.65.